The summed E-state index contributed by atoms with van der Waals surface area (Å²) in [5.41, 5.74) is 3.11. The number of nitrogens with one attached hydrogen (secondary N) is 1. The minimum absolute atomic E-state index is 0.0513. The summed E-state index contributed by atoms with van der Waals surface area (Å²) in [6.45, 7) is 3.31. The Hall–Kier alpha value is -3.97. The maximum absolute atomic E-state index is 12.9. The predicted molar refractivity (Wildman–Crippen MR) is 124 cm³/mol. The summed E-state index contributed by atoms with van der Waals surface area (Å²) in [6, 6.07) is 16.1. The van der Waals surface area contributed by atoms with Crippen LogP contribution in [0.15, 0.2) is 60.7 Å². The molecule has 3 amide bonds. The molecule has 0 atom stereocenters. The van der Waals surface area contributed by atoms with Crippen LogP contribution in [0.2, 0.25) is 5.02 Å². The molecule has 0 saturated heterocycles. The molecule has 1 heterocycles. The van der Waals surface area contributed by atoms with E-state index in [4.69, 9.17) is 16.3 Å². The van der Waals surface area contributed by atoms with E-state index in [1.807, 2.05) is 26.0 Å². The second kappa shape index (κ2) is 8.88. The van der Waals surface area contributed by atoms with E-state index in [1.165, 1.54) is 18.2 Å². The van der Waals surface area contributed by atoms with Gasteiger partial charge in [0.15, 0.2) is 6.61 Å². The Bertz CT molecular complexity index is 1320. The molecule has 1 aliphatic rings. The highest BCUT2D eigenvalue weighted by Gasteiger charge is 2.38. The monoisotopic (exact) mass is 462 g/mol. The van der Waals surface area contributed by atoms with Crippen LogP contribution < -0.4 is 10.2 Å². The van der Waals surface area contributed by atoms with Crippen molar-refractivity contribution in [3.8, 4) is 0 Å². The predicted octanol–water partition coefficient (Wildman–Crippen LogP) is 4.55. The lowest BCUT2D eigenvalue weighted by Crippen LogP contribution is -2.29. The van der Waals surface area contributed by atoms with Gasteiger partial charge in [-0.15, -0.1) is 0 Å². The van der Waals surface area contributed by atoms with Crippen molar-refractivity contribution in [2.24, 2.45) is 0 Å². The quantitative estimate of drug-likeness (QED) is 0.443. The molecule has 8 heteroatoms. The van der Waals surface area contributed by atoms with Gasteiger partial charge >= 0.3 is 5.97 Å². The number of esters is 1. The lowest BCUT2D eigenvalue weighted by atomic mass is 10.1. The van der Waals surface area contributed by atoms with Gasteiger partial charge in [0.05, 0.1) is 27.4 Å². The van der Waals surface area contributed by atoms with Gasteiger partial charge in [-0.1, -0.05) is 35.9 Å². The number of amides is 3. The van der Waals surface area contributed by atoms with E-state index in [2.05, 4.69) is 5.32 Å². The maximum Gasteiger partial charge on any atom is 0.338 e. The number of nitrogens with zero attached hydrogens (tertiary/aromatic N) is 1. The zero-order chi connectivity index (χ0) is 23.7. The first-order valence-corrected chi connectivity index (χ1v) is 10.5. The molecule has 0 aromatic heterocycles. The average molecular weight is 463 g/mol. The molecule has 3 aromatic carbocycles. The first-order chi connectivity index (χ1) is 15.8. The Morgan fingerprint density at radius 2 is 1.67 bits per heavy atom. The van der Waals surface area contributed by atoms with E-state index in [1.54, 1.807) is 30.3 Å². The smallest absolute Gasteiger partial charge is 0.338 e. The first-order valence-electron chi connectivity index (χ1n) is 10.1. The summed E-state index contributed by atoms with van der Waals surface area (Å²) in [6.07, 6.45) is 0. The number of benzene rings is 3. The number of para-hydroxylation sites is 1. The largest absolute Gasteiger partial charge is 0.452 e. The minimum Gasteiger partial charge on any atom is -0.452 e. The molecule has 4 rings (SSSR count). The Morgan fingerprint density at radius 1 is 0.939 bits per heavy atom. The second-order valence-electron chi connectivity index (χ2n) is 7.53. The highest BCUT2D eigenvalue weighted by molar-refractivity contribution is 6.39. The van der Waals surface area contributed by atoms with E-state index in [0.29, 0.717) is 5.69 Å². The third kappa shape index (κ3) is 4.23. The zero-order valence-corrected chi connectivity index (χ0v) is 18.6. The normalized spacial score (nSPS) is 12.5. The van der Waals surface area contributed by atoms with E-state index in [0.717, 1.165) is 16.0 Å². The molecule has 0 unspecified atom stereocenters. The standard InChI is InChI=1S/C25H19ClN2O5/c1-14-6-5-8-20(15(14)2)27-22(29)13-33-25(32)16-10-11-17-18(12-16)24(31)28(23(17)30)21-9-4-3-7-19(21)26/h3-12H,13H2,1-2H3,(H,27,29). The first kappa shape index (κ1) is 22.2. The van der Waals surface area contributed by atoms with Crippen molar-refractivity contribution in [2.45, 2.75) is 13.8 Å². The number of fused-ring (bicyclic) bond motifs is 1. The molecule has 33 heavy (non-hydrogen) atoms. The number of anilines is 2. The van der Waals surface area contributed by atoms with Crippen LogP contribution in [0.1, 0.15) is 42.2 Å². The third-order valence-corrected chi connectivity index (χ3v) is 5.75. The molecule has 0 aliphatic carbocycles. The van der Waals surface area contributed by atoms with E-state index >= 15 is 0 Å². The number of aryl methyl sites for hydroxylation is 1. The SMILES string of the molecule is Cc1cccc(NC(=O)COC(=O)c2ccc3c(c2)C(=O)N(c2ccccc2Cl)C3=O)c1C. The minimum atomic E-state index is -0.787. The molecule has 166 valence electrons. The second-order valence-corrected chi connectivity index (χ2v) is 7.94. The summed E-state index contributed by atoms with van der Waals surface area (Å²) in [4.78, 5) is 51.3. The van der Waals surface area contributed by atoms with Gasteiger partial charge in [-0.2, -0.15) is 0 Å². The van der Waals surface area contributed by atoms with Crippen molar-refractivity contribution in [2.75, 3.05) is 16.8 Å². The van der Waals surface area contributed by atoms with Crippen LogP contribution in [0.3, 0.4) is 0 Å². The number of carbonyl (C=O) groups is 4. The number of ether oxygens (including phenoxy) is 1. The topological polar surface area (TPSA) is 92.8 Å². The van der Waals surface area contributed by atoms with Crippen LogP contribution in [0.25, 0.3) is 0 Å². The molecule has 0 fully saturated rings. The molecule has 1 aliphatic heterocycles. The lowest BCUT2D eigenvalue weighted by Gasteiger charge is -2.15. The highest BCUT2D eigenvalue weighted by atomic mass is 35.5. The van der Waals surface area contributed by atoms with Gasteiger partial charge in [0.1, 0.15) is 0 Å². The number of halogens is 1. The van der Waals surface area contributed by atoms with Crippen LogP contribution in [0.5, 0.6) is 0 Å². The van der Waals surface area contributed by atoms with Crippen LogP contribution in [0, 0.1) is 13.8 Å². The molecule has 1 N–H and O–H groups in total. The maximum atomic E-state index is 12.9. The van der Waals surface area contributed by atoms with Crippen LogP contribution in [-0.2, 0) is 9.53 Å². The van der Waals surface area contributed by atoms with Gasteiger partial charge in [0, 0.05) is 5.69 Å². The number of hydrogen-bond donors (Lipinski definition) is 1. The highest BCUT2D eigenvalue weighted by Crippen LogP contribution is 2.33. The van der Waals surface area contributed by atoms with Gasteiger partial charge in [0.2, 0.25) is 0 Å². The van der Waals surface area contributed by atoms with Gasteiger partial charge in [-0.25, -0.2) is 9.69 Å². The van der Waals surface area contributed by atoms with E-state index in [9.17, 15) is 19.2 Å². The molecule has 3 aromatic rings. The zero-order valence-electron chi connectivity index (χ0n) is 17.8. The summed E-state index contributed by atoms with van der Waals surface area (Å²) < 4.78 is 5.10. The molecule has 7 nitrogen and oxygen atoms in total. The summed E-state index contributed by atoms with van der Waals surface area (Å²) >= 11 is 6.15. The summed E-state index contributed by atoms with van der Waals surface area (Å²) in [5, 5.41) is 2.96. The Morgan fingerprint density at radius 3 is 2.42 bits per heavy atom. The van der Waals surface area contributed by atoms with Gasteiger partial charge in [-0.3, -0.25) is 14.4 Å². The molecule has 0 bridgehead atoms. The van der Waals surface area contributed by atoms with Gasteiger partial charge in [-0.05, 0) is 61.4 Å². The van der Waals surface area contributed by atoms with E-state index < -0.39 is 30.3 Å². The summed E-state index contributed by atoms with van der Waals surface area (Å²) in [7, 11) is 0. The van der Waals surface area contributed by atoms with Crippen LogP contribution in [-0.4, -0.2) is 30.3 Å². The number of rotatable bonds is 5. The molecular formula is C25H19ClN2O5. The fraction of sp³-hybridized carbons (Fsp3) is 0.120. The summed E-state index contributed by atoms with van der Waals surface area (Å²) in [5.74, 6) is -2.40. The van der Waals surface area contributed by atoms with E-state index in [-0.39, 0.29) is 27.4 Å². The van der Waals surface area contributed by atoms with Crippen LogP contribution >= 0.6 is 11.6 Å². The Labute approximate surface area is 194 Å². The average Bonchev–Trinajstić information content (AvgIpc) is 3.05. The number of hydrogen-bond acceptors (Lipinski definition) is 5. The van der Waals surface area contributed by atoms with Crippen molar-refractivity contribution in [1.29, 1.82) is 0 Å². The van der Waals surface area contributed by atoms with Crippen molar-refractivity contribution in [1.82, 2.24) is 0 Å². The van der Waals surface area contributed by atoms with Gasteiger partial charge in [0.25, 0.3) is 17.7 Å². The molecular weight excluding hydrogens is 444 g/mol. The molecule has 0 spiro atoms. The van der Waals surface area contributed by atoms with Crippen molar-refractivity contribution in [3.05, 3.63) is 93.5 Å². The number of imide groups is 1. The van der Waals surface area contributed by atoms with Crippen molar-refractivity contribution in [3.63, 3.8) is 0 Å². The fourth-order valence-corrected chi connectivity index (χ4v) is 3.73. The van der Waals surface area contributed by atoms with Crippen molar-refractivity contribution < 1.29 is 23.9 Å². The molecule has 0 radical (unpaired) electrons. The Balaban J connectivity index is 1.46. The van der Waals surface area contributed by atoms with Crippen LogP contribution in [0.4, 0.5) is 11.4 Å². The number of carbonyl (C=O) groups excluding carboxylic acids is 4. The van der Waals surface area contributed by atoms with Gasteiger partial charge < -0.3 is 10.1 Å². The van der Waals surface area contributed by atoms with Crippen molar-refractivity contribution >= 4 is 46.7 Å². The molecule has 0 saturated carbocycles. The third-order valence-electron chi connectivity index (χ3n) is 5.43. The lowest BCUT2D eigenvalue weighted by molar-refractivity contribution is -0.119. The Kier molecular flexibility index (Phi) is 5.98. The fourth-order valence-electron chi connectivity index (χ4n) is 3.51.